The molecule has 0 radical (unpaired) electrons. The molecule has 6 heteroatoms. The van der Waals surface area contributed by atoms with Gasteiger partial charge in [-0.15, -0.1) is 0 Å². The second-order valence-corrected chi connectivity index (χ2v) is 5.98. The molecule has 4 aromatic rings. The van der Waals surface area contributed by atoms with Gasteiger partial charge in [-0.05, 0) is 22.9 Å². The van der Waals surface area contributed by atoms with Crippen molar-refractivity contribution in [3.63, 3.8) is 0 Å². The number of carbonyl (C=O) groups excluding carboxylic acids is 2. The monoisotopic (exact) mass is 373 g/mol. The van der Waals surface area contributed by atoms with E-state index in [9.17, 15) is 9.59 Å². The van der Waals surface area contributed by atoms with Crippen molar-refractivity contribution in [2.24, 2.45) is 0 Å². The molecule has 0 saturated carbocycles. The Kier molecular flexibility index (Phi) is 6.04. The van der Waals surface area contributed by atoms with E-state index < -0.39 is 0 Å². The highest BCUT2D eigenvalue weighted by Crippen LogP contribution is 2.14. The third-order valence-electron chi connectivity index (χ3n) is 4.18. The lowest BCUT2D eigenvalue weighted by atomic mass is 10.1. The number of pyridine rings is 2. The van der Waals surface area contributed by atoms with Gasteiger partial charge in [-0.1, -0.05) is 48.5 Å². The molecular weight excluding hydrogens is 354 g/mol. The van der Waals surface area contributed by atoms with Gasteiger partial charge < -0.3 is 0 Å². The van der Waals surface area contributed by atoms with Crippen LogP contribution < -0.4 is 0 Å². The summed E-state index contributed by atoms with van der Waals surface area (Å²) in [6.45, 7) is 0. The van der Waals surface area contributed by atoms with E-state index in [0.717, 1.165) is 32.9 Å². The minimum absolute atomic E-state index is 0.256. The number of aldehydes is 1. The summed E-state index contributed by atoms with van der Waals surface area (Å²) in [5.41, 5.74) is 0.858. The first kappa shape index (κ1) is 19.1. The molecule has 0 unspecified atom stereocenters. The van der Waals surface area contributed by atoms with Gasteiger partial charge in [0.2, 0.25) is 0 Å². The van der Waals surface area contributed by atoms with Crippen LogP contribution in [0.25, 0.3) is 21.5 Å². The molecule has 0 aliphatic heterocycles. The van der Waals surface area contributed by atoms with Crippen molar-refractivity contribution in [3.05, 3.63) is 84.4 Å². The molecule has 140 valence electrons. The van der Waals surface area contributed by atoms with E-state index in [0.29, 0.717) is 11.4 Å². The van der Waals surface area contributed by atoms with Crippen LogP contribution in [0, 0.1) is 0 Å². The molecule has 4 rings (SSSR count). The number of fused-ring (bicyclic) bond motifs is 2. The summed E-state index contributed by atoms with van der Waals surface area (Å²) in [5, 5.41) is 5.26. The maximum absolute atomic E-state index is 11.8. The zero-order chi connectivity index (χ0) is 19.9. The topological polar surface area (TPSA) is 72.4 Å². The van der Waals surface area contributed by atoms with E-state index >= 15 is 0 Å². The molecule has 0 aliphatic carbocycles. The summed E-state index contributed by atoms with van der Waals surface area (Å²) in [5.74, 6) is -0.256. The Labute approximate surface area is 162 Å². The van der Waals surface area contributed by atoms with Crippen LogP contribution in [0.2, 0.25) is 0 Å². The van der Waals surface area contributed by atoms with E-state index in [2.05, 4.69) is 9.97 Å². The minimum Gasteiger partial charge on any atom is -0.296 e. The van der Waals surface area contributed by atoms with Gasteiger partial charge in [0.1, 0.15) is 11.4 Å². The number of benzene rings is 2. The van der Waals surface area contributed by atoms with Gasteiger partial charge in [0.15, 0.2) is 6.29 Å². The Morgan fingerprint density at radius 2 is 1.43 bits per heavy atom. The van der Waals surface area contributed by atoms with E-state index in [1.165, 1.54) is 7.11 Å². The van der Waals surface area contributed by atoms with Crippen LogP contribution in [0.5, 0.6) is 0 Å². The smallest absolute Gasteiger partial charge is 0.295 e. The first-order valence-corrected chi connectivity index (χ1v) is 8.59. The highest BCUT2D eigenvalue weighted by Gasteiger charge is 2.12. The standard InChI is InChI=1S/C12H12N2O2.C10H7NO/c1-14(16-2)12(15)11-7-9-5-3-4-6-10(9)8-13-11;12-7-10-5-8-3-1-2-4-9(8)6-11-10/h3-8H,1-2H3;1-7H. The van der Waals surface area contributed by atoms with Crippen molar-refractivity contribution >= 4 is 33.7 Å². The van der Waals surface area contributed by atoms with Gasteiger partial charge >= 0.3 is 0 Å². The number of hydroxylamine groups is 2. The normalized spacial score (nSPS) is 10.2. The van der Waals surface area contributed by atoms with E-state index in [-0.39, 0.29) is 5.91 Å². The summed E-state index contributed by atoms with van der Waals surface area (Å²) in [6.07, 6.45) is 4.15. The molecule has 0 N–H and O–H groups in total. The van der Waals surface area contributed by atoms with Gasteiger partial charge in [0.25, 0.3) is 5.91 Å². The van der Waals surface area contributed by atoms with Crippen LogP contribution >= 0.6 is 0 Å². The van der Waals surface area contributed by atoms with Crippen molar-refractivity contribution in [1.82, 2.24) is 15.0 Å². The Morgan fingerprint density at radius 3 is 2.00 bits per heavy atom. The average molecular weight is 373 g/mol. The fraction of sp³-hybridized carbons (Fsp3) is 0.0909. The van der Waals surface area contributed by atoms with Crippen molar-refractivity contribution < 1.29 is 14.4 Å². The molecule has 1 amide bonds. The number of nitrogens with zero attached hydrogens (tertiary/aromatic N) is 3. The summed E-state index contributed by atoms with van der Waals surface area (Å²) in [7, 11) is 3.00. The van der Waals surface area contributed by atoms with Gasteiger partial charge in [0.05, 0.1) is 7.11 Å². The van der Waals surface area contributed by atoms with Crippen molar-refractivity contribution in [2.75, 3.05) is 14.2 Å². The van der Waals surface area contributed by atoms with Gasteiger partial charge in [-0.2, -0.15) is 0 Å². The SMILES string of the molecule is CON(C)C(=O)c1cc2ccccc2cn1.O=Cc1cc2ccccc2cn1. The molecule has 28 heavy (non-hydrogen) atoms. The van der Waals surface area contributed by atoms with Crippen LogP contribution in [-0.2, 0) is 4.84 Å². The molecular formula is C22H19N3O3. The highest BCUT2D eigenvalue weighted by molar-refractivity contribution is 5.95. The Morgan fingerprint density at radius 1 is 0.893 bits per heavy atom. The summed E-state index contributed by atoms with van der Waals surface area (Å²) in [4.78, 5) is 35.0. The maximum atomic E-state index is 11.8. The predicted molar refractivity (Wildman–Crippen MR) is 108 cm³/mol. The number of aromatic nitrogens is 2. The van der Waals surface area contributed by atoms with Crippen molar-refractivity contribution in [3.8, 4) is 0 Å². The molecule has 0 bridgehead atoms. The number of rotatable bonds is 3. The Bertz CT molecular complexity index is 1130. The van der Waals surface area contributed by atoms with Crippen molar-refractivity contribution in [1.29, 1.82) is 0 Å². The molecule has 2 aromatic carbocycles. The molecule has 2 aromatic heterocycles. The van der Waals surface area contributed by atoms with E-state index in [1.54, 1.807) is 31.6 Å². The number of hydrogen-bond acceptors (Lipinski definition) is 5. The predicted octanol–water partition coefficient (Wildman–Crippen LogP) is 3.92. The first-order valence-electron chi connectivity index (χ1n) is 8.59. The van der Waals surface area contributed by atoms with Crippen LogP contribution in [-0.4, -0.2) is 41.4 Å². The molecule has 6 nitrogen and oxygen atoms in total. The average Bonchev–Trinajstić information content (AvgIpc) is 2.77. The largest absolute Gasteiger partial charge is 0.296 e. The number of carbonyl (C=O) groups is 2. The summed E-state index contributed by atoms with van der Waals surface area (Å²) < 4.78 is 0. The molecule has 0 spiro atoms. The van der Waals surface area contributed by atoms with Crippen molar-refractivity contribution in [2.45, 2.75) is 0 Å². The van der Waals surface area contributed by atoms with Gasteiger partial charge in [0, 0.05) is 30.2 Å². The second-order valence-electron chi connectivity index (χ2n) is 5.98. The van der Waals surface area contributed by atoms with Crippen LogP contribution in [0.4, 0.5) is 0 Å². The lowest BCUT2D eigenvalue weighted by Gasteiger charge is -2.12. The zero-order valence-electron chi connectivity index (χ0n) is 15.6. The highest BCUT2D eigenvalue weighted by atomic mass is 16.7. The first-order chi connectivity index (χ1) is 13.6. The van der Waals surface area contributed by atoms with Crippen LogP contribution in [0.1, 0.15) is 21.0 Å². The Balaban J connectivity index is 0.000000167. The fourth-order valence-electron chi connectivity index (χ4n) is 2.61. The summed E-state index contributed by atoms with van der Waals surface area (Å²) >= 11 is 0. The third kappa shape index (κ3) is 4.36. The van der Waals surface area contributed by atoms with Gasteiger partial charge in [-0.25, -0.2) is 5.06 Å². The minimum atomic E-state index is -0.256. The molecule has 0 aliphatic rings. The Hall–Kier alpha value is -3.64. The van der Waals surface area contributed by atoms with E-state index in [1.807, 2.05) is 48.5 Å². The number of hydrogen-bond donors (Lipinski definition) is 0. The van der Waals surface area contributed by atoms with Crippen LogP contribution in [0.3, 0.4) is 0 Å². The zero-order valence-corrected chi connectivity index (χ0v) is 15.6. The lowest BCUT2D eigenvalue weighted by molar-refractivity contribution is -0.0760. The molecule has 2 heterocycles. The third-order valence-corrected chi connectivity index (χ3v) is 4.18. The van der Waals surface area contributed by atoms with Gasteiger partial charge in [-0.3, -0.25) is 24.4 Å². The quantitative estimate of drug-likeness (QED) is 0.402. The van der Waals surface area contributed by atoms with E-state index in [4.69, 9.17) is 4.84 Å². The summed E-state index contributed by atoms with van der Waals surface area (Å²) in [6, 6.07) is 19.1. The molecule has 0 atom stereocenters. The lowest BCUT2D eigenvalue weighted by Crippen LogP contribution is -2.26. The fourth-order valence-corrected chi connectivity index (χ4v) is 2.61. The molecule has 0 saturated heterocycles. The van der Waals surface area contributed by atoms with Crippen LogP contribution in [0.15, 0.2) is 73.1 Å². The maximum Gasteiger partial charge on any atom is 0.295 e. The molecule has 0 fully saturated rings. The second kappa shape index (κ2) is 8.83. The number of amides is 1.